The Hall–Kier alpha value is 0.310. The Morgan fingerprint density at radius 3 is 2.79 bits per heavy atom. The van der Waals surface area contributed by atoms with E-state index < -0.39 is 0 Å². The quantitative estimate of drug-likeness (QED) is 0.546. The first kappa shape index (κ1) is 10.8. The lowest BCUT2D eigenvalue weighted by atomic mass is 9.86. The molecule has 0 amide bonds. The van der Waals surface area contributed by atoms with Gasteiger partial charge in [-0.1, -0.05) is 0 Å². The Balaban J connectivity index is 1.74. The second kappa shape index (κ2) is 4.44. The highest BCUT2D eigenvalue weighted by Gasteiger charge is 2.48. The minimum atomic E-state index is 0.236. The molecule has 0 saturated heterocycles. The summed E-state index contributed by atoms with van der Waals surface area (Å²) in [5.41, 5.74) is 0.236. The summed E-state index contributed by atoms with van der Waals surface area (Å²) in [5.74, 6) is 2.84. The van der Waals surface area contributed by atoms with Gasteiger partial charge in [-0.25, -0.2) is 0 Å². The first-order chi connectivity index (χ1) is 6.74. The largest absolute Gasteiger partial charge is 0.375 e. The van der Waals surface area contributed by atoms with Crippen LogP contribution in [0.4, 0.5) is 0 Å². The van der Waals surface area contributed by atoms with Gasteiger partial charge in [-0.2, -0.15) is 12.6 Å². The summed E-state index contributed by atoms with van der Waals surface area (Å²) < 4.78 is 6.09. The molecule has 0 aromatic carbocycles. The van der Waals surface area contributed by atoms with E-state index in [1.807, 2.05) is 0 Å². The van der Waals surface area contributed by atoms with E-state index in [2.05, 4.69) is 19.6 Å². The van der Waals surface area contributed by atoms with Crippen LogP contribution in [0, 0.1) is 11.8 Å². The first-order valence-electron chi connectivity index (χ1n) is 5.99. The van der Waals surface area contributed by atoms with Gasteiger partial charge in [-0.05, 0) is 63.0 Å². The van der Waals surface area contributed by atoms with Crippen molar-refractivity contribution >= 4 is 12.6 Å². The highest BCUT2D eigenvalue weighted by atomic mass is 32.1. The number of thiol groups is 1. The van der Waals surface area contributed by atoms with Crippen LogP contribution in [0.3, 0.4) is 0 Å². The third-order valence-electron chi connectivity index (χ3n) is 4.08. The molecular formula is C12H22OS. The van der Waals surface area contributed by atoms with Gasteiger partial charge >= 0.3 is 0 Å². The van der Waals surface area contributed by atoms with Crippen LogP contribution in [0.1, 0.15) is 45.4 Å². The predicted molar refractivity (Wildman–Crippen MR) is 62.9 cm³/mol. The number of rotatable bonds is 5. The molecular weight excluding hydrogens is 192 g/mol. The molecule has 2 rings (SSSR count). The molecule has 1 nitrogen and oxygen atoms in total. The van der Waals surface area contributed by atoms with E-state index >= 15 is 0 Å². The van der Waals surface area contributed by atoms with E-state index in [0.717, 1.165) is 24.2 Å². The van der Waals surface area contributed by atoms with Gasteiger partial charge in [-0.3, -0.25) is 0 Å². The predicted octanol–water partition coefficient (Wildman–Crippen LogP) is 3.29. The number of ether oxygens (including phenoxy) is 1. The number of hydrogen-bond acceptors (Lipinski definition) is 2. The summed E-state index contributed by atoms with van der Waals surface area (Å²) in [6.07, 6.45) is 7.99. The summed E-state index contributed by atoms with van der Waals surface area (Å²) in [7, 11) is 0. The Labute approximate surface area is 93.0 Å². The first-order valence-corrected chi connectivity index (χ1v) is 6.62. The number of fused-ring (bicyclic) bond motifs is 2. The van der Waals surface area contributed by atoms with E-state index in [1.54, 1.807) is 0 Å². The van der Waals surface area contributed by atoms with Crippen LogP contribution in [0.15, 0.2) is 0 Å². The third-order valence-corrected chi connectivity index (χ3v) is 4.40. The summed E-state index contributed by atoms with van der Waals surface area (Å²) in [6, 6.07) is 0. The number of unbranched alkanes of at least 4 members (excludes halogenated alkanes) is 1. The van der Waals surface area contributed by atoms with Gasteiger partial charge in [0.05, 0.1) is 5.60 Å². The summed E-state index contributed by atoms with van der Waals surface area (Å²) in [4.78, 5) is 0. The fourth-order valence-corrected chi connectivity index (χ4v) is 3.47. The summed E-state index contributed by atoms with van der Waals surface area (Å²) in [6.45, 7) is 3.28. The number of hydrogen-bond donors (Lipinski definition) is 1. The molecule has 2 saturated carbocycles. The van der Waals surface area contributed by atoms with Crippen molar-refractivity contribution in [1.29, 1.82) is 0 Å². The van der Waals surface area contributed by atoms with Gasteiger partial charge in [0.25, 0.3) is 0 Å². The van der Waals surface area contributed by atoms with Crippen LogP contribution in [0.2, 0.25) is 0 Å². The van der Waals surface area contributed by atoms with Crippen molar-refractivity contribution in [2.24, 2.45) is 11.8 Å². The van der Waals surface area contributed by atoms with E-state index in [0.29, 0.717) is 0 Å². The second-order valence-electron chi connectivity index (χ2n) is 5.17. The lowest BCUT2D eigenvalue weighted by Gasteiger charge is -2.34. The van der Waals surface area contributed by atoms with Gasteiger partial charge < -0.3 is 4.74 Å². The molecule has 2 aliphatic carbocycles. The fraction of sp³-hybridized carbons (Fsp3) is 1.00. The van der Waals surface area contributed by atoms with E-state index in [9.17, 15) is 0 Å². The molecule has 2 aliphatic rings. The topological polar surface area (TPSA) is 9.23 Å². The zero-order valence-electron chi connectivity index (χ0n) is 9.17. The minimum Gasteiger partial charge on any atom is -0.375 e. The zero-order chi connectivity index (χ0) is 10.0. The average Bonchev–Trinajstić information content (AvgIpc) is 2.72. The average molecular weight is 214 g/mol. The molecule has 0 N–H and O–H groups in total. The molecule has 0 aliphatic heterocycles. The zero-order valence-corrected chi connectivity index (χ0v) is 10.1. The Bertz CT molecular complexity index is 195. The fourth-order valence-electron chi connectivity index (χ4n) is 3.25. The normalized spacial score (nSPS) is 40.7. The maximum Gasteiger partial charge on any atom is 0.0685 e. The Morgan fingerprint density at radius 1 is 1.36 bits per heavy atom. The molecule has 0 radical (unpaired) electrons. The molecule has 0 heterocycles. The third kappa shape index (κ3) is 2.11. The van der Waals surface area contributed by atoms with E-state index in [1.165, 1.54) is 38.5 Å². The maximum atomic E-state index is 6.09. The lowest BCUT2D eigenvalue weighted by molar-refractivity contribution is -0.0701. The van der Waals surface area contributed by atoms with Gasteiger partial charge in [0.2, 0.25) is 0 Å². The molecule has 14 heavy (non-hydrogen) atoms. The van der Waals surface area contributed by atoms with Crippen molar-refractivity contribution in [3.05, 3.63) is 0 Å². The summed E-state index contributed by atoms with van der Waals surface area (Å²) >= 11 is 4.21. The van der Waals surface area contributed by atoms with Gasteiger partial charge in [0, 0.05) is 6.61 Å². The van der Waals surface area contributed by atoms with Crippen molar-refractivity contribution in [2.45, 2.75) is 51.0 Å². The van der Waals surface area contributed by atoms with Crippen molar-refractivity contribution in [3.8, 4) is 0 Å². The monoisotopic (exact) mass is 214 g/mol. The van der Waals surface area contributed by atoms with Gasteiger partial charge in [-0.15, -0.1) is 0 Å². The van der Waals surface area contributed by atoms with Crippen molar-refractivity contribution in [2.75, 3.05) is 12.4 Å². The Morgan fingerprint density at radius 2 is 2.21 bits per heavy atom. The van der Waals surface area contributed by atoms with Crippen LogP contribution in [0.25, 0.3) is 0 Å². The lowest BCUT2D eigenvalue weighted by Crippen LogP contribution is -2.35. The molecule has 82 valence electrons. The minimum absolute atomic E-state index is 0.236. The van der Waals surface area contributed by atoms with Crippen LogP contribution < -0.4 is 0 Å². The van der Waals surface area contributed by atoms with E-state index in [4.69, 9.17) is 4.74 Å². The summed E-state index contributed by atoms with van der Waals surface area (Å²) in [5, 5.41) is 0. The highest BCUT2D eigenvalue weighted by Crippen LogP contribution is 2.52. The highest BCUT2D eigenvalue weighted by molar-refractivity contribution is 7.80. The molecule has 0 aromatic heterocycles. The molecule has 0 spiro atoms. The molecule has 2 fully saturated rings. The molecule has 0 aromatic rings. The molecule has 2 bridgehead atoms. The van der Waals surface area contributed by atoms with Crippen LogP contribution in [-0.4, -0.2) is 18.0 Å². The van der Waals surface area contributed by atoms with Crippen LogP contribution >= 0.6 is 12.6 Å². The van der Waals surface area contributed by atoms with Gasteiger partial charge in [0.1, 0.15) is 0 Å². The Kier molecular flexibility index (Phi) is 3.43. The van der Waals surface area contributed by atoms with Crippen molar-refractivity contribution in [3.63, 3.8) is 0 Å². The van der Waals surface area contributed by atoms with Crippen molar-refractivity contribution < 1.29 is 4.74 Å². The van der Waals surface area contributed by atoms with Crippen LogP contribution in [0.5, 0.6) is 0 Å². The maximum absolute atomic E-state index is 6.09. The van der Waals surface area contributed by atoms with Crippen LogP contribution in [-0.2, 0) is 4.74 Å². The van der Waals surface area contributed by atoms with Crippen molar-refractivity contribution in [1.82, 2.24) is 0 Å². The van der Waals surface area contributed by atoms with E-state index in [-0.39, 0.29) is 5.60 Å². The molecule has 3 atom stereocenters. The molecule has 2 heteroatoms. The SMILES string of the molecule is CC1(OCCCCS)CC2CCC1C2. The smallest absolute Gasteiger partial charge is 0.0685 e. The standard InChI is InChI=1S/C12H22OS/c1-12(13-6-2-3-7-14)9-10-4-5-11(12)8-10/h10-11,14H,2-9H2,1H3. The molecule has 3 unspecified atom stereocenters. The van der Waals surface area contributed by atoms with Gasteiger partial charge in [0.15, 0.2) is 0 Å². The second-order valence-corrected chi connectivity index (χ2v) is 5.62.